The van der Waals surface area contributed by atoms with Crippen LogP contribution in [0.1, 0.15) is 6.85 Å². The first-order chi connectivity index (χ1) is 15.9. The number of para-hydroxylation sites is 1. The Hall–Kier alpha value is -3.17. The molecule has 6 rings (SSSR count). The van der Waals surface area contributed by atoms with Crippen LogP contribution in [0.4, 0.5) is 0 Å². The number of aromatic nitrogens is 2. The van der Waals surface area contributed by atoms with Gasteiger partial charge in [0.25, 0.3) is 0 Å². The molecule has 0 fully saturated rings. The van der Waals surface area contributed by atoms with Crippen LogP contribution in [-0.4, -0.2) is 9.55 Å². The van der Waals surface area contributed by atoms with E-state index in [1.807, 2.05) is 36.4 Å². The number of halogens is 1. The van der Waals surface area contributed by atoms with E-state index in [0.717, 1.165) is 48.3 Å². The van der Waals surface area contributed by atoms with Crippen molar-refractivity contribution in [2.24, 2.45) is 0 Å². The highest BCUT2D eigenvalue weighted by molar-refractivity contribution is 9.10. The van der Waals surface area contributed by atoms with E-state index >= 15 is 0 Å². The van der Waals surface area contributed by atoms with Gasteiger partial charge in [0.15, 0.2) is 0 Å². The molecule has 132 valence electrons. The first-order valence-corrected chi connectivity index (χ1v) is 9.64. The highest BCUT2D eigenvalue weighted by atomic mass is 79.9. The molecule has 0 atom stereocenters. The molecule has 0 radical (unpaired) electrons. The molecule has 3 heteroatoms. The first-order valence-electron chi connectivity index (χ1n) is 11.4. The molecule has 0 aliphatic carbocycles. The molecule has 2 nitrogen and oxygen atoms in total. The van der Waals surface area contributed by atoms with Crippen molar-refractivity contribution in [3.05, 3.63) is 95.6 Å². The third-order valence-electron chi connectivity index (χ3n) is 5.17. The van der Waals surface area contributed by atoms with Gasteiger partial charge in [-0.15, -0.1) is 0 Å². The van der Waals surface area contributed by atoms with Gasteiger partial charge in [-0.25, -0.2) is 4.98 Å². The molecule has 0 unspecified atom stereocenters. The van der Waals surface area contributed by atoms with Crippen molar-refractivity contribution in [1.29, 1.82) is 0 Å². The van der Waals surface area contributed by atoms with Gasteiger partial charge in [0.1, 0.15) is 4.60 Å². The number of hydrogen-bond acceptors (Lipinski definition) is 1. The van der Waals surface area contributed by atoms with E-state index in [0.29, 0.717) is 0 Å². The summed E-state index contributed by atoms with van der Waals surface area (Å²) in [7, 11) is 0. The fraction of sp³-hybridized carbons (Fsp3) is 0. The summed E-state index contributed by atoms with van der Waals surface area (Å²) in [6.07, 6.45) is 1.79. The second-order valence-corrected chi connectivity index (χ2v) is 7.53. The monoisotopic (exact) mass is 427 g/mol. The lowest BCUT2D eigenvalue weighted by molar-refractivity contribution is 1.18. The summed E-state index contributed by atoms with van der Waals surface area (Å²) in [5, 5.41) is 4.07. The predicted molar refractivity (Wildman–Crippen MR) is 120 cm³/mol. The largest absolute Gasteiger partial charge is 0.309 e. The van der Waals surface area contributed by atoms with Crippen LogP contribution in [0.5, 0.6) is 0 Å². The molecule has 0 amide bonds. The Labute approximate surface area is 177 Å². The highest BCUT2D eigenvalue weighted by Gasteiger charge is 2.17. The minimum Gasteiger partial charge on any atom is -0.309 e. The van der Waals surface area contributed by atoms with Gasteiger partial charge in [0.05, 0.1) is 17.9 Å². The summed E-state index contributed by atoms with van der Waals surface area (Å²) in [6.45, 7) is 0. The molecular weight excluding hydrogens is 408 g/mol. The molecule has 0 aliphatic heterocycles. The molecule has 6 aromatic rings. The number of hydrogen-bond donors (Lipinski definition) is 0. The molecular formula is C25H15BrN2. The molecule has 0 aliphatic rings. The zero-order valence-electron chi connectivity index (χ0n) is 19.5. The topological polar surface area (TPSA) is 17.8 Å². The van der Waals surface area contributed by atoms with Crippen molar-refractivity contribution in [1.82, 2.24) is 9.55 Å². The number of nitrogens with zero attached hydrogens (tertiary/aromatic N) is 2. The van der Waals surface area contributed by atoms with Gasteiger partial charge >= 0.3 is 0 Å². The molecule has 0 N–H and O–H groups in total. The summed E-state index contributed by atoms with van der Waals surface area (Å²) in [5.74, 6) is 0. The zero-order valence-corrected chi connectivity index (χ0v) is 16.1. The molecule has 0 spiro atoms. The molecule has 4 aromatic carbocycles. The standard InChI is InChI=1S/C25H15BrN2/c26-23-12-11-18(15-27-23)19-13-17-10-9-16-5-4-8-21-24(16)25(17)22(14-19)28(21)20-6-2-1-3-7-20/h1-15H/i1D,2D,3D,6D,7D. The van der Waals surface area contributed by atoms with Crippen LogP contribution in [0.2, 0.25) is 0 Å². The van der Waals surface area contributed by atoms with Gasteiger partial charge < -0.3 is 4.57 Å². The van der Waals surface area contributed by atoms with Gasteiger partial charge in [-0.3, -0.25) is 0 Å². The normalized spacial score (nSPS) is 14.2. The third kappa shape index (κ3) is 2.23. The Morgan fingerprint density at radius 1 is 0.786 bits per heavy atom. The maximum Gasteiger partial charge on any atom is 0.106 e. The Bertz CT molecular complexity index is 1690. The average molecular weight is 428 g/mol. The molecule has 2 heterocycles. The Kier molecular flexibility index (Phi) is 2.45. The van der Waals surface area contributed by atoms with Crippen LogP contribution in [-0.2, 0) is 0 Å². The van der Waals surface area contributed by atoms with Gasteiger partial charge in [-0.2, -0.15) is 0 Å². The van der Waals surface area contributed by atoms with Crippen LogP contribution in [0.15, 0.2) is 95.6 Å². The highest BCUT2D eigenvalue weighted by Crippen LogP contribution is 2.40. The molecule has 0 saturated carbocycles. The van der Waals surface area contributed by atoms with Crippen LogP contribution >= 0.6 is 15.9 Å². The zero-order chi connectivity index (χ0) is 23.0. The SMILES string of the molecule is [2H]c1c([2H])c([2H])c(-n2c3cccc4ccc5cc(-c6ccc(Br)nc6)cc2c5c43)c([2H])c1[2H]. The summed E-state index contributed by atoms with van der Waals surface area (Å²) in [4.78, 5) is 4.35. The lowest BCUT2D eigenvalue weighted by Crippen LogP contribution is -1.93. The van der Waals surface area contributed by atoms with E-state index in [1.165, 1.54) is 0 Å². The van der Waals surface area contributed by atoms with E-state index in [-0.39, 0.29) is 29.9 Å². The third-order valence-corrected chi connectivity index (χ3v) is 5.64. The number of rotatable bonds is 2. The van der Waals surface area contributed by atoms with Gasteiger partial charge in [0.2, 0.25) is 0 Å². The summed E-state index contributed by atoms with van der Waals surface area (Å²) in [6, 6.07) is 16.4. The summed E-state index contributed by atoms with van der Waals surface area (Å²) >= 11 is 3.38. The van der Waals surface area contributed by atoms with E-state index in [2.05, 4.69) is 39.1 Å². The first kappa shape index (κ1) is 11.6. The smallest absolute Gasteiger partial charge is 0.106 e. The maximum atomic E-state index is 8.60. The quantitative estimate of drug-likeness (QED) is 0.211. The van der Waals surface area contributed by atoms with Gasteiger partial charge in [-0.05, 0) is 68.6 Å². The number of pyridine rings is 1. The van der Waals surface area contributed by atoms with Crippen LogP contribution in [0.25, 0.3) is 49.4 Å². The molecule has 2 aromatic heterocycles. The van der Waals surface area contributed by atoms with E-state index in [4.69, 9.17) is 6.85 Å². The van der Waals surface area contributed by atoms with Crippen molar-refractivity contribution in [2.75, 3.05) is 0 Å². The summed E-state index contributed by atoms with van der Waals surface area (Å²) in [5.41, 5.74) is 3.60. The number of benzene rings is 4. The minimum atomic E-state index is -0.400. The Morgan fingerprint density at radius 2 is 1.61 bits per heavy atom. The van der Waals surface area contributed by atoms with Gasteiger partial charge in [-0.1, -0.05) is 48.5 Å². The maximum absolute atomic E-state index is 8.60. The van der Waals surface area contributed by atoms with Crippen LogP contribution in [0.3, 0.4) is 0 Å². The predicted octanol–water partition coefficient (Wildman–Crippen LogP) is 7.20. The van der Waals surface area contributed by atoms with Crippen molar-refractivity contribution in [3.8, 4) is 16.8 Å². The van der Waals surface area contributed by atoms with E-state index < -0.39 is 6.04 Å². The lowest BCUT2D eigenvalue weighted by atomic mass is 9.98. The molecule has 0 bridgehead atoms. The van der Waals surface area contributed by atoms with Crippen molar-refractivity contribution < 1.29 is 6.85 Å². The second-order valence-electron chi connectivity index (χ2n) is 6.71. The second kappa shape index (κ2) is 5.91. The Morgan fingerprint density at radius 3 is 2.43 bits per heavy atom. The molecule has 28 heavy (non-hydrogen) atoms. The minimum absolute atomic E-state index is 0.150. The Balaban J connectivity index is 1.82. The van der Waals surface area contributed by atoms with Crippen LogP contribution < -0.4 is 0 Å². The van der Waals surface area contributed by atoms with Crippen molar-refractivity contribution >= 4 is 48.5 Å². The average Bonchev–Trinajstić information content (AvgIpc) is 3.16. The van der Waals surface area contributed by atoms with E-state index in [1.54, 1.807) is 10.8 Å². The van der Waals surface area contributed by atoms with Gasteiger partial charge in [0, 0.05) is 28.2 Å². The fourth-order valence-corrected chi connectivity index (χ4v) is 4.24. The van der Waals surface area contributed by atoms with Crippen molar-refractivity contribution in [3.63, 3.8) is 0 Å². The van der Waals surface area contributed by atoms with E-state index in [9.17, 15) is 0 Å². The lowest BCUT2D eigenvalue weighted by Gasteiger charge is -2.09. The molecule has 0 saturated heterocycles. The summed E-state index contributed by atoms with van der Waals surface area (Å²) < 4.78 is 44.2. The van der Waals surface area contributed by atoms with Crippen LogP contribution in [0, 0.1) is 0 Å². The fourth-order valence-electron chi connectivity index (χ4n) is 4.00. The van der Waals surface area contributed by atoms with Crippen molar-refractivity contribution in [2.45, 2.75) is 0 Å².